The van der Waals surface area contributed by atoms with E-state index < -0.39 is 17.6 Å². The second kappa shape index (κ2) is 7.50. The van der Waals surface area contributed by atoms with Gasteiger partial charge in [-0.2, -0.15) is 0 Å². The van der Waals surface area contributed by atoms with Crippen molar-refractivity contribution in [2.45, 2.75) is 32.2 Å². The quantitative estimate of drug-likeness (QED) is 0.834. The lowest BCUT2D eigenvalue weighted by Gasteiger charge is -2.19. The molecule has 1 aliphatic rings. The van der Waals surface area contributed by atoms with Crippen LogP contribution >= 0.6 is 0 Å². The SMILES string of the molecule is CC(CCCO)NC(=O)C1CC(=O)N(c2ccc(F)cc2F)C1. The molecule has 0 spiro atoms. The van der Waals surface area contributed by atoms with Crippen LogP contribution in [0.5, 0.6) is 0 Å². The Balaban J connectivity index is 2.00. The van der Waals surface area contributed by atoms with Crippen LogP contribution in [-0.4, -0.2) is 36.1 Å². The molecule has 1 heterocycles. The Morgan fingerprint density at radius 3 is 2.87 bits per heavy atom. The molecule has 1 aliphatic heterocycles. The first-order chi connectivity index (χ1) is 10.9. The van der Waals surface area contributed by atoms with Gasteiger partial charge in [-0.25, -0.2) is 8.78 Å². The molecule has 0 radical (unpaired) electrons. The lowest BCUT2D eigenvalue weighted by Crippen LogP contribution is -2.38. The molecule has 2 rings (SSSR count). The minimum Gasteiger partial charge on any atom is -0.396 e. The van der Waals surface area contributed by atoms with E-state index in [-0.39, 0.29) is 43.1 Å². The Hall–Kier alpha value is -2.02. The van der Waals surface area contributed by atoms with Crippen LogP contribution in [0.4, 0.5) is 14.5 Å². The fourth-order valence-electron chi connectivity index (χ4n) is 2.65. The van der Waals surface area contributed by atoms with Crippen molar-refractivity contribution < 1.29 is 23.5 Å². The number of carbonyl (C=O) groups is 2. The summed E-state index contributed by atoms with van der Waals surface area (Å²) in [7, 11) is 0. The maximum Gasteiger partial charge on any atom is 0.227 e. The minimum absolute atomic E-state index is 0.00459. The Morgan fingerprint density at radius 1 is 1.48 bits per heavy atom. The fraction of sp³-hybridized carbons (Fsp3) is 0.500. The summed E-state index contributed by atoms with van der Waals surface area (Å²) in [6, 6.07) is 2.89. The number of hydrogen-bond donors (Lipinski definition) is 2. The first-order valence-corrected chi connectivity index (χ1v) is 7.59. The van der Waals surface area contributed by atoms with Crippen molar-refractivity contribution in [1.29, 1.82) is 0 Å². The highest BCUT2D eigenvalue weighted by atomic mass is 19.1. The van der Waals surface area contributed by atoms with Gasteiger partial charge < -0.3 is 15.3 Å². The van der Waals surface area contributed by atoms with Gasteiger partial charge in [-0.3, -0.25) is 9.59 Å². The van der Waals surface area contributed by atoms with Gasteiger partial charge in [0.2, 0.25) is 11.8 Å². The van der Waals surface area contributed by atoms with Gasteiger partial charge in [-0.15, -0.1) is 0 Å². The molecule has 0 saturated carbocycles. The Bertz CT molecular complexity index is 595. The van der Waals surface area contributed by atoms with E-state index in [9.17, 15) is 18.4 Å². The summed E-state index contributed by atoms with van der Waals surface area (Å²) in [6.07, 6.45) is 1.21. The molecule has 1 fully saturated rings. The number of aliphatic hydroxyl groups excluding tert-OH is 1. The Morgan fingerprint density at radius 2 is 2.22 bits per heavy atom. The molecule has 1 aromatic carbocycles. The van der Waals surface area contributed by atoms with Crippen LogP contribution in [-0.2, 0) is 9.59 Å². The maximum atomic E-state index is 13.8. The van der Waals surface area contributed by atoms with Gasteiger partial charge >= 0.3 is 0 Å². The molecule has 2 amide bonds. The van der Waals surface area contributed by atoms with Gasteiger partial charge in [-0.05, 0) is 31.9 Å². The van der Waals surface area contributed by atoms with Crippen molar-refractivity contribution >= 4 is 17.5 Å². The van der Waals surface area contributed by atoms with E-state index in [1.54, 1.807) is 0 Å². The van der Waals surface area contributed by atoms with Crippen LogP contribution in [0.1, 0.15) is 26.2 Å². The standard InChI is InChI=1S/C16H20F2N2O3/c1-10(3-2-6-21)19-16(23)11-7-15(22)20(9-11)14-5-4-12(17)8-13(14)18/h4-5,8,10-11,21H,2-3,6-7,9H2,1H3,(H,19,23). The van der Waals surface area contributed by atoms with Crippen LogP contribution in [0.3, 0.4) is 0 Å². The zero-order valence-corrected chi connectivity index (χ0v) is 12.9. The van der Waals surface area contributed by atoms with Crippen LogP contribution in [0, 0.1) is 17.6 Å². The zero-order valence-electron chi connectivity index (χ0n) is 12.9. The lowest BCUT2D eigenvalue weighted by atomic mass is 10.1. The number of nitrogens with one attached hydrogen (secondary N) is 1. The number of rotatable bonds is 6. The van der Waals surface area contributed by atoms with Gasteiger partial charge in [-0.1, -0.05) is 0 Å². The molecular weight excluding hydrogens is 306 g/mol. The molecule has 2 N–H and O–H groups in total. The monoisotopic (exact) mass is 326 g/mol. The predicted molar refractivity (Wildman–Crippen MR) is 80.7 cm³/mol. The van der Waals surface area contributed by atoms with E-state index >= 15 is 0 Å². The summed E-state index contributed by atoms with van der Waals surface area (Å²) in [5.74, 6) is -2.74. The van der Waals surface area contributed by atoms with E-state index in [1.807, 2.05) is 6.92 Å². The molecule has 0 bridgehead atoms. The topological polar surface area (TPSA) is 69.6 Å². The first kappa shape index (κ1) is 17.3. The van der Waals surface area contributed by atoms with Gasteiger partial charge in [0.1, 0.15) is 11.6 Å². The smallest absolute Gasteiger partial charge is 0.227 e. The largest absolute Gasteiger partial charge is 0.396 e. The fourth-order valence-corrected chi connectivity index (χ4v) is 2.65. The summed E-state index contributed by atoms with van der Waals surface area (Å²) in [4.78, 5) is 25.4. The van der Waals surface area contributed by atoms with Crippen LogP contribution in [0.15, 0.2) is 18.2 Å². The van der Waals surface area contributed by atoms with E-state index in [4.69, 9.17) is 5.11 Å². The summed E-state index contributed by atoms with van der Waals surface area (Å²) >= 11 is 0. The number of hydrogen-bond acceptors (Lipinski definition) is 3. The molecular formula is C16H20F2N2O3. The second-order valence-electron chi connectivity index (χ2n) is 5.78. The van der Waals surface area contributed by atoms with Crippen LogP contribution in [0.2, 0.25) is 0 Å². The maximum absolute atomic E-state index is 13.8. The summed E-state index contributed by atoms with van der Waals surface area (Å²) in [5, 5.41) is 11.6. The average molecular weight is 326 g/mol. The van der Waals surface area contributed by atoms with E-state index in [0.29, 0.717) is 18.9 Å². The second-order valence-corrected chi connectivity index (χ2v) is 5.78. The molecule has 5 nitrogen and oxygen atoms in total. The van der Waals surface area contributed by atoms with Crippen molar-refractivity contribution in [2.24, 2.45) is 5.92 Å². The van der Waals surface area contributed by atoms with Gasteiger partial charge in [0, 0.05) is 31.7 Å². The third-order valence-electron chi connectivity index (χ3n) is 3.88. The number of benzene rings is 1. The minimum atomic E-state index is -0.823. The van der Waals surface area contributed by atoms with Crippen molar-refractivity contribution in [3.63, 3.8) is 0 Å². The third kappa shape index (κ3) is 4.25. The highest BCUT2D eigenvalue weighted by Crippen LogP contribution is 2.28. The summed E-state index contributed by atoms with van der Waals surface area (Å²) < 4.78 is 26.8. The molecule has 1 saturated heterocycles. The third-order valence-corrected chi connectivity index (χ3v) is 3.88. The first-order valence-electron chi connectivity index (χ1n) is 7.59. The van der Waals surface area contributed by atoms with Crippen molar-refractivity contribution in [2.75, 3.05) is 18.1 Å². The number of amides is 2. The van der Waals surface area contributed by atoms with Crippen molar-refractivity contribution in [3.05, 3.63) is 29.8 Å². The van der Waals surface area contributed by atoms with Gasteiger partial charge in [0.15, 0.2) is 0 Å². The van der Waals surface area contributed by atoms with E-state index in [1.165, 1.54) is 11.0 Å². The highest BCUT2D eigenvalue weighted by Gasteiger charge is 2.36. The number of aliphatic hydroxyl groups is 1. The molecule has 0 aliphatic carbocycles. The number of halogens is 2. The van der Waals surface area contributed by atoms with Crippen LogP contribution in [0.25, 0.3) is 0 Å². The predicted octanol–water partition coefficient (Wildman–Crippen LogP) is 1.59. The van der Waals surface area contributed by atoms with Gasteiger partial charge in [0.25, 0.3) is 0 Å². The van der Waals surface area contributed by atoms with E-state index in [0.717, 1.165) is 6.07 Å². The van der Waals surface area contributed by atoms with Crippen molar-refractivity contribution in [3.8, 4) is 0 Å². The molecule has 2 atom stereocenters. The normalized spacial score (nSPS) is 19.0. The van der Waals surface area contributed by atoms with Crippen LogP contribution < -0.4 is 10.2 Å². The molecule has 0 aromatic heterocycles. The summed E-state index contributed by atoms with van der Waals surface area (Å²) in [5.41, 5.74) is -0.0139. The molecule has 126 valence electrons. The average Bonchev–Trinajstić information content (AvgIpc) is 2.87. The van der Waals surface area contributed by atoms with Gasteiger partial charge in [0.05, 0.1) is 11.6 Å². The Labute approximate surface area is 133 Å². The molecule has 7 heteroatoms. The number of carbonyl (C=O) groups excluding carboxylic acids is 2. The molecule has 2 unspecified atom stereocenters. The number of anilines is 1. The zero-order chi connectivity index (χ0) is 17.0. The number of nitrogens with zero attached hydrogens (tertiary/aromatic N) is 1. The highest BCUT2D eigenvalue weighted by molar-refractivity contribution is 6.00. The lowest BCUT2D eigenvalue weighted by molar-refractivity contribution is -0.126. The van der Waals surface area contributed by atoms with E-state index in [2.05, 4.69) is 5.32 Å². The summed E-state index contributed by atoms with van der Waals surface area (Å²) in [6.45, 7) is 1.95. The Kier molecular flexibility index (Phi) is 5.65. The molecule has 23 heavy (non-hydrogen) atoms. The molecule has 1 aromatic rings. The van der Waals surface area contributed by atoms with Crippen molar-refractivity contribution in [1.82, 2.24) is 5.32 Å².